The highest BCUT2D eigenvalue weighted by molar-refractivity contribution is 5.99. The summed E-state index contributed by atoms with van der Waals surface area (Å²) in [4.78, 5) is 39.8. The highest BCUT2D eigenvalue weighted by Gasteiger charge is 2.32. The standard InChI is InChI=1S/C26H32N4O4/c1-17-13-18(2)15-20(14-17)23(24(32)29-21-10-8-7-9-19(21)3)30(12-11-27)22(31)16-28-25(33)34-26(4,5)6/h7-10,13-15,23H,12,16H2,1-6H3,(H,28,33)(H,29,32). The smallest absolute Gasteiger partial charge is 0.408 e. The highest BCUT2D eigenvalue weighted by Crippen LogP contribution is 2.26. The number of amides is 3. The van der Waals surface area contributed by atoms with E-state index in [1.165, 1.54) is 4.90 Å². The predicted molar refractivity (Wildman–Crippen MR) is 130 cm³/mol. The molecule has 8 nitrogen and oxygen atoms in total. The van der Waals surface area contributed by atoms with E-state index in [-0.39, 0.29) is 6.54 Å². The molecule has 0 bridgehead atoms. The van der Waals surface area contributed by atoms with Gasteiger partial charge in [0.1, 0.15) is 24.7 Å². The Bertz CT molecular complexity index is 1080. The Balaban J connectivity index is 2.39. The van der Waals surface area contributed by atoms with Crippen molar-refractivity contribution >= 4 is 23.6 Å². The molecule has 0 fully saturated rings. The summed E-state index contributed by atoms with van der Waals surface area (Å²) in [5.74, 6) is -1.04. The van der Waals surface area contributed by atoms with Crippen LogP contribution in [0.25, 0.3) is 0 Å². The van der Waals surface area contributed by atoms with E-state index >= 15 is 0 Å². The number of alkyl carbamates (subject to hydrolysis) is 1. The molecule has 0 heterocycles. The number of para-hydroxylation sites is 1. The summed E-state index contributed by atoms with van der Waals surface area (Å²) < 4.78 is 5.18. The Morgan fingerprint density at radius 2 is 1.68 bits per heavy atom. The first-order valence-electron chi connectivity index (χ1n) is 11.0. The van der Waals surface area contributed by atoms with Crippen LogP contribution in [0.2, 0.25) is 0 Å². The van der Waals surface area contributed by atoms with E-state index in [2.05, 4.69) is 10.6 Å². The summed E-state index contributed by atoms with van der Waals surface area (Å²) in [6.45, 7) is 10.0. The maximum atomic E-state index is 13.5. The molecule has 2 aromatic rings. The van der Waals surface area contributed by atoms with Gasteiger partial charge < -0.3 is 20.3 Å². The van der Waals surface area contributed by atoms with Crippen molar-refractivity contribution < 1.29 is 19.1 Å². The number of nitrogens with one attached hydrogen (secondary N) is 2. The van der Waals surface area contributed by atoms with E-state index < -0.39 is 36.1 Å². The Morgan fingerprint density at radius 3 is 2.24 bits per heavy atom. The van der Waals surface area contributed by atoms with Crippen LogP contribution in [0.4, 0.5) is 10.5 Å². The van der Waals surface area contributed by atoms with Crippen LogP contribution in [0.5, 0.6) is 0 Å². The Morgan fingerprint density at radius 1 is 1.06 bits per heavy atom. The summed E-state index contributed by atoms with van der Waals surface area (Å²) in [5.41, 5.74) is 3.15. The summed E-state index contributed by atoms with van der Waals surface area (Å²) >= 11 is 0. The number of hydrogen-bond donors (Lipinski definition) is 2. The van der Waals surface area contributed by atoms with Crippen molar-refractivity contribution in [2.45, 2.75) is 53.2 Å². The Labute approximate surface area is 200 Å². The second-order valence-corrected chi connectivity index (χ2v) is 9.16. The van der Waals surface area contributed by atoms with E-state index in [0.717, 1.165) is 16.7 Å². The number of benzene rings is 2. The van der Waals surface area contributed by atoms with Gasteiger partial charge in [-0.25, -0.2) is 4.79 Å². The van der Waals surface area contributed by atoms with Gasteiger partial charge in [0.25, 0.3) is 5.91 Å². The van der Waals surface area contributed by atoms with Gasteiger partial charge >= 0.3 is 6.09 Å². The van der Waals surface area contributed by atoms with E-state index in [1.807, 2.05) is 57.2 Å². The summed E-state index contributed by atoms with van der Waals surface area (Å²) in [7, 11) is 0. The normalized spacial score (nSPS) is 11.7. The molecule has 1 atom stereocenters. The van der Waals surface area contributed by atoms with E-state index in [1.54, 1.807) is 32.9 Å². The lowest BCUT2D eigenvalue weighted by Gasteiger charge is -2.30. The van der Waals surface area contributed by atoms with E-state index in [4.69, 9.17) is 4.74 Å². The quantitative estimate of drug-likeness (QED) is 0.598. The average molecular weight is 465 g/mol. The number of nitrogens with zero attached hydrogens (tertiary/aromatic N) is 2. The Kier molecular flexibility index (Phi) is 8.79. The molecule has 2 N–H and O–H groups in total. The van der Waals surface area contributed by atoms with Gasteiger partial charge in [-0.2, -0.15) is 5.26 Å². The van der Waals surface area contributed by atoms with Gasteiger partial charge in [0, 0.05) is 5.69 Å². The topological polar surface area (TPSA) is 112 Å². The second kappa shape index (κ2) is 11.3. The molecule has 3 amide bonds. The molecule has 0 aliphatic carbocycles. The first kappa shape index (κ1) is 26.4. The number of carbonyl (C=O) groups is 3. The van der Waals surface area contributed by atoms with Crippen LogP contribution in [-0.2, 0) is 14.3 Å². The average Bonchev–Trinajstić information content (AvgIpc) is 2.71. The van der Waals surface area contributed by atoms with Crippen LogP contribution >= 0.6 is 0 Å². The van der Waals surface area contributed by atoms with Gasteiger partial charge in [0.2, 0.25) is 5.91 Å². The summed E-state index contributed by atoms with van der Waals surface area (Å²) in [6, 6.07) is 13.8. The fraction of sp³-hybridized carbons (Fsp3) is 0.385. The van der Waals surface area contributed by atoms with E-state index in [9.17, 15) is 19.6 Å². The number of nitriles is 1. The van der Waals surface area contributed by atoms with Crippen molar-refractivity contribution in [1.29, 1.82) is 5.26 Å². The third-order valence-corrected chi connectivity index (χ3v) is 4.87. The largest absolute Gasteiger partial charge is 0.444 e. The van der Waals surface area contributed by atoms with Crippen LogP contribution in [-0.4, -0.2) is 41.5 Å². The molecule has 2 aromatic carbocycles. The molecular weight excluding hydrogens is 432 g/mol. The van der Waals surface area contributed by atoms with Crippen molar-refractivity contribution in [1.82, 2.24) is 10.2 Å². The number of rotatable bonds is 7. The van der Waals surface area contributed by atoms with Gasteiger partial charge in [0.15, 0.2) is 0 Å². The monoisotopic (exact) mass is 464 g/mol. The second-order valence-electron chi connectivity index (χ2n) is 9.16. The molecule has 2 rings (SSSR count). The molecule has 0 radical (unpaired) electrons. The van der Waals surface area contributed by atoms with Crippen LogP contribution < -0.4 is 10.6 Å². The first-order valence-corrected chi connectivity index (χ1v) is 11.0. The molecule has 8 heteroatoms. The zero-order chi connectivity index (χ0) is 25.5. The number of anilines is 1. The van der Waals surface area contributed by atoms with Gasteiger partial charge in [-0.05, 0) is 58.7 Å². The molecule has 0 spiro atoms. The van der Waals surface area contributed by atoms with Crippen LogP contribution in [0.1, 0.15) is 49.1 Å². The zero-order valence-corrected chi connectivity index (χ0v) is 20.6. The fourth-order valence-electron chi connectivity index (χ4n) is 3.52. The maximum Gasteiger partial charge on any atom is 0.408 e. The lowest BCUT2D eigenvalue weighted by Crippen LogP contribution is -2.46. The number of ether oxygens (including phenoxy) is 1. The van der Waals surface area contributed by atoms with Crippen molar-refractivity contribution in [3.05, 3.63) is 64.7 Å². The predicted octanol–water partition coefficient (Wildman–Crippen LogP) is 4.17. The summed E-state index contributed by atoms with van der Waals surface area (Å²) in [5, 5.41) is 14.7. The number of hydrogen-bond acceptors (Lipinski definition) is 5. The van der Waals surface area contributed by atoms with E-state index in [0.29, 0.717) is 11.3 Å². The number of aryl methyl sites for hydroxylation is 3. The highest BCUT2D eigenvalue weighted by atomic mass is 16.6. The lowest BCUT2D eigenvalue weighted by molar-refractivity contribution is -0.137. The maximum absolute atomic E-state index is 13.5. The first-order chi connectivity index (χ1) is 15.9. The molecule has 34 heavy (non-hydrogen) atoms. The van der Waals surface area contributed by atoms with Crippen molar-refractivity contribution in [2.24, 2.45) is 0 Å². The molecule has 0 saturated heterocycles. The Hall–Kier alpha value is -3.86. The van der Waals surface area contributed by atoms with Crippen molar-refractivity contribution in [3.63, 3.8) is 0 Å². The molecule has 0 aromatic heterocycles. The molecule has 180 valence electrons. The number of carbonyl (C=O) groups excluding carboxylic acids is 3. The fourth-order valence-corrected chi connectivity index (χ4v) is 3.52. The third kappa shape index (κ3) is 7.62. The van der Waals surface area contributed by atoms with Crippen LogP contribution in [0, 0.1) is 32.1 Å². The van der Waals surface area contributed by atoms with Gasteiger partial charge in [-0.15, -0.1) is 0 Å². The van der Waals surface area contributed by atoms with Crippen molar-refractivity contribution in [3.8, 4) is 6.07 Å². The SMILES string of the molecule is Cc1cc(C)cc(C(C(=O)Nc2ccccc2C)N(CC#N)C(=O)CNC(=O)OC(C)(C)C)c1. The minimum absolute atomic E-state index is 0.340. The molecule has 0 aliphatic heterocycles. The molecule has 0 saturated carbocycles. The molecule has 0 aliphatic rings. The van der Waals surface area contributed by atoms with Gasteiger partial charge in [-0.3, -0.25) is 9.59 Å². The molecular formula is C26H32N4O4. The minimum atomic E-state index is -1.08. The minimum Gasteiger partial charge on any atom is -0.444 e. The summed E-state index contributed by atoms with van der Waals surface area (Å²) in [6.07, 6.45) is -0.759. The van der Waals surface area contributed by atoms with Gasteiger partial charge in [0.05, 0.1) is 6.07 Å². The van der Waals surface area contributed by atoms with Crippen LogP contribution in [0.15, 0.2) is 42.5 Å². The zero-order valence-electron chi connectivity index (χ0n) is 20.6. The lowest BCUT2D eigenvalue weighted by atomic mass is 9.99. The van der Waals surface area contributed by atoms with Gasteiger partial charge in [-0.1, -0.05) is 47.5 Å². The third-order valence-electron chi connectivity index (χ3n) is 4.87. The van der Waals surface area contributed by atoms with Crippen LogP contribution in [0.3, 0.4) is 0 Å². The van der Waals surface area contributed by atoms with Crippen molar-refractivity contribution in [2.75, 3.05) is 18.4 Å². The molecule has 1 unspecified atom stereocenters.